The number of benzene rings is 1. The highest BCUT2D eigenvalue weighted by molar-refractivity contribution is 9.10. The van der Waals surface area contributed by atoms with Crippen molar-refractivity contribution in [1.29, 1.82) is 0 Å². The average molecular weight is 324 g/mol. The highest BCUT2D eigenvalue weighted by Gasteiger charge is 2.17. The SMILES string of the molecule is CCNC(c1csc(C)c1)c1cccc(Br)c1C. The summed E-state index contributed by atoms with van der Waals surface area (Å²) in [5.41, 5.74) is 4.02. The second kappa shape index (κ2) is 6.00. The van der Waals surface area contributed by atoms with Crippen LogP contribution in [-0.4, -0.2) is 6.54 Å². The van der Waals surface area contributed by atoms with Gasteiger partial charge in [0, 0.05) is 9.35 Å². The lowest BCUT2D eigenvalue weighted by Gasteiger charge is -2.20. The molecule has 1 unspecified atom stereocenters. The zero-order valence-corrected chi connectivity index (χ0v) is 13.4. The molecule has 0 amide bonds. The summed E-state index contributed by atoms with van der Waals surface area (Å²) < 4.78 is 1.18. The van der Waals surface area contributed by atoms with Crippen molar-refractivity contribution in [3.05, 3.63) is 55.7 Å². The molecule has 0 aliphatic heterocycles. The summed E-state index contributed by atoms with van der Waals surface area (Å²) >= 11 is 5.43. The van der Waals surface area contributed by atoms with Gasteiger partial charge in [0.2, 0.25) is 0 Å². The van der Waals surface area contributed by atoms with Crippen LogP contribution in [0.15, 0.2) is 34.1 Å². The molecule has 0 aliphatic rings. The number of hydrogen-bond acceptors (Lipinski definition) is 2. The van der Waals surface area contributed by atoms with E-state index >= 15 is 0 Å². The number of nitrogens with one attached hydrogen (secondary N) is 1. The zero-order chi connectivity index (χ0) is 13.1. The van der Waals surface area contributed by atoms with Gasteiger partial charge in [-0.1, -0.05) is 35.0 Å². The second-order valence-corrected chi connectivity index (χ2v) is 6.41. The topological polar surface area (TPSA) is 12.0 Å². The Bertz CT molecular complexity index is 533. The van der Waals surface area contributed by atoms with E-state index in [0.717, 1.165) is 6.54 Å². The summed E-state index contributed by atoms with van der Waals surface area (Å²) in [5, 5.41) is 5.84. The molecule has 0 fully saturated rings. The Morgan fingerprint density at radius 2 is 2.11 bits per heavy atom. The molecule has 0 saturated heterocycles. The van der Waals surface area contributed by atoms with Crippen LogP contribution < -0.4 is 5.32 Å². The van der Waals surface area contributed by atoms with Crippen LogP contribution in [0, 0.1) is 13.8 Å². The van der Waals surface area contributed by atoms with Crippen LogP contribution in [0.1, 0.15) is 34.5 Å². The van der Waals surface area contributed by atoms with E-state index in [0.29, 0.717) is 0 Å². The van der Waals surface area contributed by atoms with E-state index in [4.69, 9.17) is 0 Å². The lowest BCUT2D eigenvalue weighted by atomic mass is 9.96. The van der Waals surface area contributed by atoms with Crippen molar-refractivity contribution in [2.24, 2.45) is 0 Å². The first-order chi connectivity index (χ1) is 8.63. The Kier molecular flexibility index (Phi) is 4.60. The van der Waals surface area contributed by atoms with Crippen molar-refractivity contribution in [2.75, 3.05) is 6.54 Å². The minimum atomic E-state index is 0.289. The summed E-state index contributed by atoms with van der Waals surface area (Å²) in [7, 11) is 0. The molecule has 1 atom stereocenters. The third-order valence-corrected chi connectivity index (χ3v) is 4.85. The van der Waals surface area contributed by atoms with Crippen molar-refractivity contribution in [3.63, 3.8) is 0 Å². The van der Waals surface area contributed by atoms with Crippen molar-refractivity contribution >= 4 is 27.3 Å². The first-order valence-electron chi connectivity index (χ1n) is 6.17. The highest BCUT2D eigenvalue weighted by Crippen LogP contribution is 2.31. The monoisotopic (exact) mass is 323 g/mol. The number of thiophene rings is 1. The Morgan fingerprint density at radius 3 is 2.72 bits per heavy atom. The van der Waals surface area contributed by atoms with Gasteiger partial charge < -0.3 is 5.32 Å². The molecular formula is C15H18BrNS. The maximum absolute atomic E-state index is 3.62. The third-order valence-electron chi connectivity index (χ3n) is 3.11. The van der Waals surface area contributed by atoms with Gasteiger partial charge in [-0.05, 0) is 54.6 Å². The Balaban J connectivity index is 2.44. The fraction of sp³-hybridized carbons (Fsp3) is 0.333. The van der Waals surface area contributed by atoms with Gasteiger partial charge in [-0.25, -0.2) is 0 Å². The van der Waals surface area contributed by atoms with Crippen molar-refractivity contribution < 1.29 is 0 Å². The smallest absolute Gasteiger partial charge is 0.0587 e. The molecule has 0 bridgehead atoms. The van der Waals surface area contributed by atoms with E-state index in [1.165, 1.54) is 26.0 Å². The largest absolute Gasteiger partial charge is 0.306 e. The van der Waals surface area contributed by atoms with Gasteiger partial charge in [-0.3, -0.25) is 0 Å². The van der Waals surface area contributed by atoms with Crippen LogP contribution in [0.5, 0.6) is 0 Å². The number of rotatable bonds is 4. The van der Waals surface area contributed by atoms with Crippen LogP contribution >= 0.6 is 27.3 Å². The molecule has 96 valence electrons. The van der Waals surface area contributed by atoms with Gasteiger partial charge in [0.1, 0.15) is 0 Å². The van der Waals surface area contributed by atoms with Gasteiger partial charge in [0.25, 0.3) is 0 Å². The number of halogens is 1. The molecule has 1 N–H and O–H groups in total. The molecular weight excluding hydrogens is 306 g/mol. The highest BCUT2D eigenvalue weighted by atomic mass is 79.9. The molecule has 0 aliphatic carbocycles. The Hall–Kier alpha value is -0.640. The zero-order valence-electron chi connectivity index (χ0n) is 11.0. The van der Waals surface area contributed by atoms with Crippen molar-refractivity contribution in [1.82, 2.24) is 5.32 Å². The molecule has 0 radical (unpaired) electrons. The standard InChI is InChI=1S/C15H18BrNS/c1-4-17-15(12-8-10(2)18-9-12)13-6-5-7-14(16)11(13)3/h5-9,15,17H,4H2,1-3H3. The fourth-order valence-electron chi connectivity index (χ4n) is 2.16. The van der Waals surface area contributed by atoms with E-state index < -0.39 is 0 Å². The Morgan fingerprint density at radius 1 is 1.33 bits per heavy atom. The summed E-state index contributed by atoms with van der Waals surface area (Å²) in [6, 6.07) is 8.98. The van der Waals surface area contributed by atoms with Crippen molar-refractivity contribution in [2.45, 2.75) is 26.8 Å². The average Bonchev–Trinajstić information content (AvgIpc) is 2.77. The fourth-order valence-corrected chi connectivity index (χ4v) is 3.28. The lowest BCUT2D eigenvalue weighted by Crippen LogP contribution is -2.22. The molecule has 1 aromatic heterocycles. The summed E-state index contributed by atoms with van der Waals surface area (Å²) in [6.07, 6.45) is 0. The van der Waals surface area contributed by atoms with E-state index in [2.05, 4.69) is 71.7 Å². The molecule has 1 aromatic carbocycles. The Labute approximate surface area is 121 Å². The van der Waals surface area contributed by atoms with Gasteiger partial charge in [-0.2, -0.15) is 0 Å². The van der Waals surface area contributed by atoms with E-state index in [1.807, 2.05) is 11.3 Å². The van der Waals surface area contributed by atoms with Crippen molar-refractivity contribution in [3.8, 4) is 0 Å². The normalized spacial score (nSPS) is 12.7. The molecule has 2 aromatic rings. The van der Waals surface area contributed by atoms with E-state index in [9.17, 15) is 0 Å². The minimum absolute atomic E-state index is 0.289. The summed E-state index contributed by atoms with van der Waals surface area (Å²) in [6.45, 7) is 7.44. The van der Waals surface area contributed by atoms with E-state index in [-0.39, 0.29) is 6.04 Å². The molecule has 18 heavy (non-hydrogen) atoms. The predicted molar refractivity (Wildman–Crippen MR) is 83.5 cm³/mol. The first kappa shape index (κ1) is 13.8. The van der Waals surface area contributed by atoms with Gasteiger partial charge >= 0.3 is 0 Å². The summed E-state index contributed by atoms with van der Waals surface area (Å²) in [5.74, 6) is 0. The van der Waals surface area contributed by atoms with Crippen LogP contribution in [-0.2, 0) is 0 Å². The van der Waals surface area contributed by atoms with E-state index in [1.54, 1.807) is 0 Å². The van der Waals surface area contributed by atoms with Crippen LogP contribution in [0.2, 0.25) is 0 Å². The third kappa shape index (κ3) is 2.85. The van der Waals surface area contributed by atoms with Crippen LogP contribution in [0.25, 0.3) is 0 Å². The minimum Gasteiger partial charge on any atom is -0.306 e. The first-order valence-corrected chi connectivity index (χ1v) is 7.84. The molecule has 1 nitrogen and oxygen atoms in total. The molecule has 3 heteroatoms. The van der Waals surface area contributed by atoms with Gasteiger partial charge in [0.05, 0.1) is 6.04 Å². The lowest BCUT2D eigenvalue weighted by molar-refractivity contribution is 0.629. The summed E-state index contributed by atoms with van der Waals surface area (Å²) in [4.78, 5) is 1.36. The maximum atomic E-state index is 3.62. The van der Waals surface area contributed by atoms with Gasteiger partial charge in [0.15, 0.2) is 0 Å². The second-order valence-electron chi connectivity index (χ2n) is 4.44. The molecule has 2 rings (SSSR count). The predicted octanol–water partition coefficient (Wildman–Crippen LogP) is 4.83. The molecule has 0 spiro atoms. The maximum Gasteiger partial charge on any atom is 0.0587 e. The quantitative estimate of drug-likeness (QED) is 0.850. The number of aryl methyl sites for hydroxylation is 1. The molecule has 0 saturated carbocycles. The van der Waals surface area contributed by atoms with Crippen LogP contribution in [0.3, 0.4) is 0 Å². The van der Waals surface area contributed by atoms with Gasteiger partial charge in [-0.15, -0.1) is 11.3 Å². The number of hydrogen-bond donors (Lipinski definition) is 1. The van der Waals surface area contributed by atoms with Crippen LogP contribution in [0.4, 0.5) is 0 Å². The molecule has 1 heterocycles.